The minimum absolute atomic E-state index is 1.03. The van der Waals surface area contributed by atoms with Crippen molar-refractivity contribution in [1.29, 1.82) is 0 Å². The zero-order valence-corrected chi connectivity index (χ0v) is 16.4. The maximum atomic E-state index is 2.85. The molecule has 0 saturated carbocycles. The average Bonchev–Trinajstić information content (AvgIpc) is 2.43. The fourth-order valence-electron chi connectivity index (χ4n) is 2.70. The molecule has 0 N–H and O–H groups in total. The van der Waals surface area contributed by atoms with Crippen LogP contribution in [-0.2, 0) is 0 Å². The molecule has 0 heterocycles. The lowest BCUT2D eigenvalue weighted by molar-refractivity contribution is 0.732. The van der Waals surface area contributed by atoms with Crippen molar-refractivity contribution in [1.82, 2.24) is 0 Å². The zero-order valence-electron chi connectivity index (χ0n) is 12.9. The van der Waals surface area contributed by atoms with Gasteiger partial charge in [0.2, 0.25) is 0 Å². The maximum Gasteiger partial charge on any atom is 0.139 e. The molecule has 4 heteroatoms. The summed E-state index contributed by atoms with van der Waals surface area (Å²) in [5.74, 6) is 0. The van der Waals surface area contributed by atoms with Gasteiger partial charge in [0.15, 0.2) is 0 Å². The highest BCUT2D eigenvalue weighted by molar-refractivity contribution is 7.16. The van der Waals surface area contributed by atoms with E-state index in [1.165, 1.54) is 95.2 Å². The molecule has 0 aromatic carbocycles. The average molecular weight is 320 g/mol. The summed E-state index contributed by atoms with van der Waals surface area (Å²) < 4.78 is 0. The number of rotatable bonds is 15. The third kappa shape index (κ3) is 15.6. The van der Waals surface area contributed by atoms with Crippen molar-refractivity contribution in [2.45, 2.75) is 76.7 Å². The molecule has 0 aromatic heterocycles. The largest absolute Gasteiger partial charge is 0.139 e. The quantitative estimate of drug-likeness (QED) is 0.209. The van der Waals surface area contributed by atoms with Gasteiger partial charge in [-0.2, -0.15) is 0 Å². The van der Waals surface area contributed by atoms with E-state index < -0.39 is 0 Å². The summed E-state index contributed by atoms with van der Waals surface area (Å²) in [6.45, 7) is 1.03. The molecule has 0 aromatic rings. The highest BCUT2D eigenvalue weighted by atomic mass is 31.0. The van der Waals surface area contributed by atoms with Crippen molar-refractivity contribution in [3.8, 4) is 0 Å². The molecular weight excluding hydrogens is 284 g/mol. The first-order valence-corrected chi connectivity index (χ1v) is 10.9. The van der Waals surface area contributed by atoms with Crippen LogP contribution in [0, 0.1) is 0 Å². The topological polar surface area (TPSA) is 0 Å². The minimum atomic E-state index is 1.03. The lowest BCUT2D eigenvalue weighted by Gasteiger charge is -2.13. The van der Waals surface area contributed by atoms with Crippen LogP contribution in [0.1, 0.15) is 57.8 Å². The van der Waals surface area contributed by atoms with E-state index in [1.807, 2.05) is 0 Å². The van der Waals surface area contributed by atoms with E-state index in [-0.39, 0.29) is 0 Å². The van der Waals surface area contributed by atoms with Gasteiger partial charge in [-0.15, -0.1) is 27.7 Å². The second-order valence-corrected chi connectivity index (χ2v) is 7.51. The van der Waals surface area contributed by atoms with E-state index in [2.05, 4.69) is 27.7 Å². The molecule has 0 radical (unpaired) electrons. The van der Waals surface area contributed by atoms with Crippen molar-refractivity contribution in [2.24, 2.45) is 0 Å². The monoisotopic (exact) mass is 320 g/mol. The molecule has 3 unspecified atom stereocenters. The van der Waals surface area contributed by atoms with Gasteiger partial charge in [0.05, 0.1) is 0 Å². The Kier molecular flexibility index (Phi) is 18.6. The molecule has 114 valence electrons. The Bertz CT molecular complexity index is 139. The van der Waals surface area contributed by atoms with Crippen molar-refractivity contribution in [2.75, 3.05) is 18.5 Å². The van der Waals surface area contributed by atoms with Crippen molar-refractivity contribution in [3.63, 3.8) is 0 Å². The smallest absolute Gasteiger partial charge is 0.138 e. The van der Waals surface area contributed by atoms with Crippen molar-refractivity contribution >= 4 is 34.4 Å². The molecule has 0 spiro atoms. The predicted octanol–water partition coefficient (Wildman–Crippen LogP) is 5.62. The third-order valence-corrected chi connectivity index (χ3v) is 5.17. The zero-order chi connectivity index (χ0) is 14.2. The third-order valence-electron chi connectivity index (χ3n) is 3.95. The Labute approximate surface area is 130 Å². The van der Waals surface area contributed by atoms with E-state index in [0.717, 1.165) is 6.71 Å². The Morgan fingerprint density at radius 3 is 1.00 bits per heavy atom. The first-order chi connectivity index (χ1) is 9.35. The lowest BCUT2D eigenvalue weighted by Crippen LogP contribution is -2.12. The molecule has 0 aliphatic heterocycles. The standard InChI is InChI=1S/C15H36BP3/c17-13-7-1-4-10-16(11-5-2-8-14-18)12-6-3-9-15-19/h1-15,17-19H2. The summed E-state index contributed by atoms with van der Waals surface area (Å²) in [5.41, 5.74) is 0. The van der Waals surface area contributed by atoms with Gasteiger partial charge in [-0.1, -0.05) is 57.5 Å². The second-order valence-electron chi connectivity index (χ2n) is 5.78. The molecule has 19 heavy (non-hydrogen) atoms. The van der Waals surface area contributed by atoms with Crippen LogP contribution in [0.4, 0.5) is 0 Å². The van der Waals surface area contributed by atoms with E-state index in [9.17, 15) is 0 Å². The van der Waals surface area contributed by atoms with Crippen molar-refractivity contribution in [3.05, 3.63) is 0 Å². The van der Waals surface area contributed by atoms with Crippen LogP contribution in [0.15, 0.2) is 0 Å². The maximum absolute atomic E-state index is 2.85. The van der Waals surface area contributed by atoms with Gasteiger partial charge in [0, 0.05) is 0 Å². The molecule has 3 atom stereocenters. The summed E-state index contributed by atoms with van der Waals surface area (Å²) >= 11 is 0. The van der Waals surface area contributed by atoms with Crippen LogP contribution < -0.4 is 0 Å². The normalized spacial score (nSPS) is 10.9. The number of hydrogen-bond donors (Lipinski definition) is 0. The highest BCUT2D eigenvalue weighted by Gasteiger charge is 2.12. The van der Waals surface area contributed by atoms with Gasteiger partial charge in [-0.25, -0.2) is 0 Å². The van der Waals surface area contributed by atoms with E-state index in [4.69, 9.17) is 0 Å². The molecule has 0 aliphatic carbocycles. The Hall–Kier alpha value is 1.35. The molecule has 0 nitrogen and oxygen atoms in total. The van der Waals surface area contributed by atoms with E-state index in [0.29, 0.717) is 0 Å². The van der Waals surface area contributed by atoms with Crippen LogP contribution in [0.2, 0.25) is 19.0 Å². The van der Waals surface area contributed by atoms with Crippen LogP contribution in [0.25, 0.3) is 0 Å². The molecule has 0 aliphatic rings. The first-order valence-electron chi connectivity index (χ1n) is 8.45. The molecule has 0 saturated heterocycles. The van der Waals surface area contributed by atoms with Crippen molar-refractivity contribution < 1.29 is 0 Å². The van der Waals surface area contributed by atoms with Crippen LogP contribution in [-0.4, -0.2) is 25.2 Å². The van der Waals surface area contributed by atoms with Gasteiger partial charge in [-0.05, 0) is 37.7 Å². The fraction of sp³-hybridized carbons (Fsp3) is 1.00. The van der Waals surface area contributed by atoms with Gasteiger partial charge >= 0.3 is 0 Å². The summed E-state index contributed by atoms with van der Waals surface area (Å²) in [6.07, 6.45) is 21.3. The van der Waals surface area contributed by atoms with Crippen LogP contribution >= 0.6 is 27.7 Å². The highest BCUT2D eigenvalue weighted by Crippen LogP contribution is 2.19. The lowest BCUT2D eigenvalue weighted by atomic mass is 9.41. The molecule has 0 rings (SSSR count). The molecule has 0 bridgehead atoms. The number of hydrogen-bond acceptors (Lipinski definition) is 0. The molecular formula is C15H36BP3. The Morgan fingerprint density at radius 2 is 0.737 bits per heavy atom. The van der Waals surface area contributed by atoms with Gasteiger partial charge in [0.25, 0.3) is 0 Å². The first kappa shape index (κ1) is 20.4. The number of unbranched alkanes of at least 4 members (excludes halogenated alkanes) is 6. The second kappa shape index (κ2) is 17.4. The van der Waals surface area contributed by atoms with Gasteiger partial charge in [0.1, 0.15) is 6.71 Å². The van der Waals surface area contributed by atoms with Gasteiger partial charge < -0.3 is 0 Å². The van der Waals surface area contributed by atoms with Gasteiger partial charge in [-0.3, -0.25) is 0 Å². The fourth-order valence-corrected chi connectivity index (χ4v) is 3.56. The van der Waals surface area contributed by atoms with Crippen LogP contribution in [0.5, 0.6) is 0 Å². The SMILES string of the molecule is PCCCCCB(CCCCCP)CCCCCP. The Balaban J connectivity index is 3.66. The van der Waals surface area contributed by atoms with E-state index in [1.54, 1.807) is 0 Å². The molecule has 0 amide bonds. The molecule has 0 fully saturated rings. The summed E-state index contributed by atoms with van der Waals surface area (Å²) in [4.78, 5) is 0. The van der Waals surface area contributed by atoms with Crippen LogP contribution in [0.3, 0.4) is 0 Å². The summed E-state index contributed by atoms with van der Waals surface area (Å²) in [6, 6.07) is 0. The predicted molar refractivity (Wildman–Crippen MR) is 105 cm³/mol. The minimum Gasteiger partial charge on any atom is -0.138 e. The summed E-state index contributed by atoms with van der Waals surface area (Å²) in [7, 11) is 8.56. The van der Waals surface area contributed by atoms with E-state index >= 15 is 0 Å². The Morgan fingerprint density at radius 1 is 0.421 bits per heavy atom. The summed E-state index contributed by atoms with van der Waals surface area (Å²) in [5, 5.41) is 0.